The highest BCUT2D eigenvalue weighted by atomic mass is 31.2. The first-order valence-electron chi connectivity index (χ1n) is 7.19. The maximum absolute atomic E-state index is 12.0. The van der Waals surface area contributed by atoms with Crippen LogP contribution in [0.25, 0.3) is 0 Å². The molecule has 1 N–H and O–H groups in total. The molecule has 1 aromatic carbocycles. The van der Waals surface area contributed by atoms with Crippen LogP contribution >= 0.6 is 7.60 Å². The smallest absolute Gasteiger partial charge is 0.167 e. The maximum Gasteiger partial charge on any atom is 0.167 e. The summed E-state index contributed by atoms with van der Waals surface area (Å²) in [6.45, 7) is 4.28. The van der Waals surface area contributed by atoms with Crippen molar-refractivity contribution < 1.29 is 19.1 Å². The van der Waals surface area contributed by atoms with Crippen LogP contribution in [0.1, 0.15) is 50.9 Å². The summed E-state index contributed by atoms with van der Waals surface area (Å²) in [6, 6.07) is 8.30. The molecule has 0 aliphatic rings. The Hall–Kier alpha value is -0.670. The van der Waals surface area contributed by atoms with E-state index >= 15 is 0 Å². The SMILES string of the molecule is CCCCC(CC)COP(=O)([O-])C(O)c1ccccc1. The van der Waals surface area contributed by atoms with Gasteiger partial charge in [-0.05, 0) is 17.9 Å². The summed E-state index contributed by atoms with van der Waals surface area (Å²) in [6.07, 6.45) is 3.97. The molecule has 0 aliphatic heterocycles. The van der Waals surface area contributed by atoms with Gasteiger partial charge in [-0.1, -0.05) is 63.4 Å². The number of aliphatic hydroxyl groups is 1. The Morgan fingerprint density at radius 1 is 1.30 bits per heavy atom. The van der Waals surface area contributed by atoms with Crippen LogP contribution in [-0.4, -0.2) is 11.7 Å². The number of aliphatic hydroxyl groups excluding tert-OH is 1. The minimum atomic E-state index is -4.30. The van der Waals surface area contributed by atoms with Gasteiger partial charge in [0, 0.05) is 0 Å². The summed E-state index contributed by atoms with van der Waals surface area (Å²) in [5.41, 5.74) is 0.340. The summed E-state index contributed by atoms with van der Waals surface area (Å²) in [4.78, 5) is 12.0. The highest BCUT2D eigenvalue weighted by Gasteiger charge is 2.23. The van der Waals surface area contributed by atoms with E-state index in [9.17, 15) is 14.6 Å². The van der Waals surface area contributed by atoms with Crippen molar-refractivity contribution in [2.24, 2.45) is 5.92 Å². The van der Waals surface area contributed by atoms with Crippen LogP contribution in [0.4, 0.5) is 0 Å². The van der Waals surface area contributed by atoms with E-state index in [1.807, 2.05) is 6.92 Å². The first-order chi connectivity index (χ1) is 9.51. The van der Waals surface area contributed by atoms with Crippen molar-refractivity contribution in [3.05, 3.63) is 35.9 Å². The number of hydrogen-bond donors (Lipinski definition) is 1. The third kappa shape index (κ3) is 5.37. The molecule has 0 bridgehead atoms. The molecule has 0 radical (unpaired) electrons. The molecular weight excluding hydrogens is 275 g/mol. The second-order valence-corrected chi connectivity index (χ2v) is 6.86. The minimum Gasteiger partial charge on any atom is -0.776 e. The molecule has 1 aromatic rings. The largest absolute Gasteiger partial charge is 0.776 e. The normalized spacial score (nSPS) is 17.4. The van der Waals surface area contributed by atoms with Crippen LogP contribution in [0.2, 0.25) is 0 Å². The molecule has 0 saturated heterocycles. The van der Waals surface area contributed by atoms with Crippen LogP contribution in [0.5, 0.6) is 0 Å². The number of benzene rings is 1. The Bertz CT molecular complexity index is 421. The predicted octanol–water partition coefficient (Wildman–Crippen LogP) is 3.46. The molecule has 114 valence electrons. The quantitative estimate of drug-likeness (QED) is 0.709. The van der Waals surface area contributed by atoms with Crippen molar-refractivity contribution in [2.75, 3.05) is 6.61 Å². The fourth-order valence-corrected chi connectivity index (χ4v) is 3.08. The highest BCUT2D eigenvalue weighted by molar-refractivity contribution is 7.51. The molecular formula is C15H24O4P-. The van der Waals surface area contributed by atoms with E-state index in [1.165, 1.54) is 0 Å². The second kappa shape index (κ2) is 8.58. The fourth-order valence-electron chi connectivity index (χ4n) is 1.99. The molecule has 3 atom stereocenters. The fraction of sp³-hybridized carbons (Fsp3) is 0.600. The van der Waals surface area contributed by atoms with Crippen LogP contribution in [0, 0.1) is 5.92 Å². The molecule has 3 unspecified atom stereocenters. The lowest BCUT2D eigenvalue weighted by Crippen LogP contribution is -2.17. The van der Waals surface area contributed by atoms with Gasteiger partial charge in [-0.15, -0.1) is 0 Å². The Balaban J connectivity index is 2.58. The van der Waals surface area contributed by atoms with Crippen molar-refractivity contribution in [2.45, 2.75) is 45.4 Å². The zero-order valence-electron chi connectivity index (χ0n) is 12.2. The molecule has 4 nitrogen and oxygen atoms in total. The Morgan fingerprint density at radius 2 is 1.95 bits per heavy atom. The van der Waals surface area contributed by atoms with Gasteiger partial charge in [0.05, 0.1) is 6.61 Å². The van der Waals surface area contributed by atoms with Gasteiger partial charge >= 0.3 is 0 Å². The van der Waals surface area contributed by atoms with E-state index in [4.69, 9.17) is 4.52 Å². The van der Waals surface area contributed by atoms with E-state index in [1.54, 1.807) is 30.3 Å². The monoisotopic (exact) mass is 299 g/mol. The van der Waals surface area contributed by atoms with Gasteiger partial charge in [0.25, 0.3) is 0 Å². The average Bonchev–Trinajstić information content (AvgIpc) is 2.47. The summed E-state index contributed by atoms with van der Waals surface area (Å²) < 4.78 is 17.0. The van der Waals surface area contributed by atoms with Crippen molar-refractivity contribution >= 4 is 7.60 Å². The molecule has 0 spiro atoms. The van der Waals surface area contributed by atoms with Crippen LogP contribution < -0.4 is 4.89 Å². The van der Waals surface area contributed by atoms with Gasteiger partial charge in [-0.3, -0.25) is 0 Å². The number of unbranched alkanes of at least 4 members (excludes halogenated alkanes) is 1. The van der Waals surface area contributed by atoms with Crippen molar-refractivity contribution in [1.29, 1.82) is 0 Å². The van der Waals surface area contributed by atoms with E-state index in [2.05, 4.69) is 6.92 Å². The van der Waals surface area contributed by atoms with Crippen molar-refractivity contribution in [3.8, 4) is 0 Å². The molecule has 0 aliphatic carbocycles. The molecule has 20 heavy (non-hydrogen) atoms. The Kier molecular flexibility index (Phi) is 7.46. The van der Waals surface area contributed by atoms with Crippen molar-refractivity contribution in [1.82, 2.24) is 0 Å². The van der Waals surface area contributed by atoms with Gasteiger partial charge in [0.1, 0.15) is 5.85 Å². The third-order valence-corrected chi connectivity index (χ3v) is 4.84. The van der Waals surface area contributed by atoms with Gasteiger partial charge < -0.3 is 19.1 Å². The first kappa shape index (κ1) is 17.4. The zero-order valence-corrected chi connectivity index (χ0v) is 13.1. The molecule has 0 amide bonds. The van der Waals surface area contributed by atoms with E-state index in [-0.39, 0.29) is 12.5 Å². The van der Waals surface area contributed by atoms with Crippen LogP contribution in [-0.2, 0) is 9.09 Å². The van der Waals surface area contributed by atoms with E-state index in [0.29, 0.717) is 5.56 Å². The lowest BCUT2D eigenvalue weighted by atomic mass is 10.0. The van der Waals surface area contributed by atoms with Gasteiger partial charge in [-0.2, -0.15) is 0 Å². The van der Waals surface area contributed by atoms with Gasteiger partial charge in [0.15, 0.2) is 7.60 Å². The Labute approximate surface area is 121 Å². The summed E-state index contributed by atoms with van der Waals surface area (Å²) in [7, 11) is -4.30. The number of rotatable bonds is 9. The summed E-state index contributed by atoms with van der Waals surface area (Å²) >= 11 is 0. The second-order valence-electron chi connectivity index (χ2n) is 5.04. The van der Waals surface area contributed by atoms with Crippen LogP contribution in [0.15, 0.2) is 30.3 Å². The summed E-state index contributed by atoms with van der Waals surface area (Å²) in [5, 5.41) is 9.91. The zero-order chi connectivity index (χ0) is 15.0. The Morgan fingerprint density at radius 3 is 2.50 bits per heavy atom. The average molecular weight is 299 g/mol. The predicted molar refractivity (Wildman–Crippen MR) is 78.3 cm³/mol. The standard InChI is InChI=1S/C15H25O4P/c1-3-5-9-13(4-2)12-19-20(17,18)15(16)14-10-7-6-8-11-14/h6-8,10-11,13,15-16H,3-5,9,12H2,1-2H3,(H,17,18)/p-1. The summed E-state index contributed by atoms with van der Waals surface area (Å²) in [5.74, 6) is -1.37. The van der Waals surface area contributed by atoms with E-state index in [0.717, 1.165) is 25.7 Å². The van der Waals surface area contributed by atoms with Gasteiger partial charge in [0.2, 0.25) is 0 Å². The first-order valence-corrected chi connectivity index (χ1v) is 8.80. The molecule has 0 fully saturated rings. The molecule has 0 heterocycles. The molecule has 0 saturated carbocycles. The maximum atomic E-state index is 12.0. The van der Waals surface area contributed by atoms with Gasteiger partial charge in [-0.25, -0.2) is 0 Å². The van der Waals surface area contributed by atoms with E-state index < -0.39 is 13.4 Å². The van der Waals surface area contributed by atoms with Crippen molar-refractivity contribution in [3.63, 3.8) is 0 Å². The van der Waals surface area contributed by atoms with Crippen LogP contribution in [0.3, 0.4) is 0 Å². The third-order valence-electron chi connectivity index (χ3n) is 3.43. The number of hydrogen-bond acceptors (Lipinski definition) is 4. The lowest BCUT2D eigenvalue weighted by Gasteiger charge is -2.30. The highest BCUT2D eigenvalue weighted by Crippen LogP contribution is 2.51. The minimum absolute atomic E-state index is 0.154. The lowest BCUT2D eigenvalue weighted by molar-refractivity contribution is -0.209. The topological polar surface area (TPSA) is 69.6 Å². The molecule has 0 aromatic heterocycles. The molecule has 5 heteroatoms. The molecule has 1 rings (SSSR count).